The van der Waals surface area contributed by atoms with Crippen LogP contribution in [0, 0.1) is 0 Å². The zero-order valence-corrected chi connectivity index (χ0v) is 12.1. The Kier molecular flexibility index (Phi) is 3.38. The highest BCUT2D eigenvalue weighted by Crippen LogP contribution is 2.30. The van der Waals surface area contributed by atoms with Crippen molar-refractivity contribution >= 4 is 5.82 Å². The average Bonchev–Trinajstić information content (AvgIpc) is 2.77. The van der Waals surface area contributed by atoms with Crippen LogP contribution in [0.3, 0.4) is 0 Å². The number of nitrogens with zero attached hydrogens (tertiary/aromatic N) is 2. The van der Waals surface area contributed by atoms with E-state index < -0.39 is 0 Å². The number of benzene rings is 1. The molecule has 2 heterocycles. The molecule has 20 heavy (non-hydrogen) atoms. The van der Waals surface area contributed by atoms with E-state index >= 15 is 0 Å². The van der Waals surface area contributed by atoms with Crippen molar-refractivity contribution in [3.8, 4) is 17.0 Å². The van der Waals surface area contributed by atoms with Gasteiger partial charge in [0, 0.05) is 18.5 Å². The van der Waals surface area contributed by atoms with E-state index in [1.165, 1.54) is 12.8 Å². The number of aromatic nitrogens is 2. The van der Waals surface area contributed by atoms with E-state index in [2.05, 4.69) is 4.57 Å². The monoisotopic (exact) mass is 271 g/mol. The van der Waals surface area contributed by atoms with Crippen molar-refractivity contribution in [2.75, 3.05) is 5.73 Å². The molecule has 0 radical (unpaired) electrons. The third-order valence-electron chi connectivity index (χ3n) is 3.62. The van der Waals surface area contributed by atoms with E-state index in [9.17, 15) is 0 Å². The van der Waals surface area contributed by atoms with Crippen molar-refractivity contribution in [2.24, 2.45) is 0 Å². The maximum absolute atomic E-state index is 6.24. The van der Waals surface area contributed by atoms with Crippen LogP contribution in [0.2, 0.25) is 0 Å². The molecular weight excluding hydrogens is 250 g/mol. The fraction of sp³-hybridized carbons (Fsp3) is 0.438. The number of hydrogen-bond donors (Lipinski definition) is 1. The summed E-state index contributed by atoms with van der Waals surface area (Å²) in [6.45, 7) is 5.04. The third-order valence-corrected chi connectivity index (χ3v) is 3.62. The van der Waals surface area contributed by atoms with Gasteiger partial charge in [-0.3, -0.25) is 0 Å². The number of anilines is 1. The SMILES string of the molecule is CC(C)Oc1ccc(-c2nc3n(c2N)CCCC3)cc1. The Labute approximate surface area is 119 Å². The summed E-state index contributed by atoms with van der Waals surface area (Å²) in [6, 6.07) is 8.02. The Hall–Kier alpha value is -1.97. The molecule has 106 valence electrons. The lowest BCUT2D eigenvalue weighted by molar-refractivity contribution is 0.242. The molecule has 0 atom stereocenters. The van der Waals surface area contributed by atoms with Crippen LogP contribution < -0.4 is 10.5 Å². The highest BCUT2D eigenvalue weighted by atomic mass is 16.5. The smallest absolute Gasteiger partial charge is 0.131 e. The van der Waals surface area contributed by atoms with E-state index in [1.54, 1.807) is 0 Å². The number of aryl methyl sites for hydroxylation is 1. The molecule has 1 aromatic carbocycles. The summed E-state index contributed by atoms with van der Waals surface area (Å²) in [5, 5.41) is 0. The quantitative estimate of drug-likeness (QED) is 0.932. The highest BCUT2D eigenvalue weighted by Gasteiger charge is 2.18. The second-order valence-electron chi connectivity index (χ2n) is 5.56. The van der Waals surface area contributed by atoms with Gasteiger partial charge in [0.2, 0.25) is 0 Å². The molecule has 0 aliphatic carbocycles. The first-order valence-electron chi connectivity index (χ1n) is 7.27. The summed E-state index contributed by atoms with van der Waals surface area (Å²) in [5.74, 6) is 2.79. The highest BCUT2D eigenvalue weighted by molar-refractivity contribution is 5.71. The number of imidazole rings is 1. The van der Waals surface area contributed by atoms with Gasteiger partial charge in [-0.2, -0.15) is 0 Å². The molecule has 2 N–H and O–H groups in total. The van der Waals surface area contributed by atoms with Gasteiger partial charge in [0.05, 0.1) is 6.10 Å². The van der Waals surface area contributed by atoms with Gasteiger partial charge in [-0.05, 0) is 51.0 Å². The second-order valence-corrected chi connectivity index (χ2v) is 5.56. The second kappa shape index (κ2) is 5.19. The van der Waals surface area contributed by atoms with Crippen LogP contribution in [-0.4, -0.2) is 15.7 Å². The van der Waals surface area contributed by atoms with Gasteiger partial charge in [-0.25, -0.2) is 4.98 Å². The largest absolute Gasteiger partial charge is 0.491 e. The van der Waals surface area contributed by atoms with E-state index in [0.717, 1.165) is 41.6 Å². The molecule has 0 fully saturated rings. The minimum absolute atomic E-state index is 0.186. The fourth-order valence-electron chi connectivity index (χ4n) is 2.68. The van der Waals surface area contributed by atoms with E-state index in [0.29, 0.717) is 0 Å². The lowest BCUT2D eigenvalue weighted by Gasteiger charge is -2.14. The number of rotatable bonds is 3. The van der Waals surface area contributed by atoms with E-state index in [-0.39, 0.29) is 6.10 Å². The zero-order chi connectivity index (χ0) is 14.1. The summed E-state index contributed by atoms with van der Waals surface area (Å²) in [5.41, 5.74) is 8.20. The maximum Gasteiger partial charge on any atom is 0.131 e. The predicted octanol–water partition coefficient (Wildman–Crippen LogP) is 3.26. The molecule has 1 aliphatic rings. The Morgan fingerprint density at radius 1 is 1.20 bits per heavy atom. The average molecular weight is 271 g/mol. The predicted molar refractivity (Wildman–Crippen MR) is 80.8 cm³/mol. The van der Waals surface area contributed by atoms with Crippen molar-refractivity contribution in [2.45, 2.75) is 45.8 Å². The first-order chi connectivity index (χ1) is 9.65. The molecule has 0 saturated heterocycles. The van der Waals surface area contributed by atoms with Gasteiger partial charge in [-0.1, -0.05) is 0 Å². The molecule has 2 aromatic rings. The van der Waals surface area contributed by atoms with Crippen molar-refractivity contribution < 1.29 is 4.74 Å². The zero-order valence-electron chi connectivity index (χ0n) is 12.1. The van der Waals surface area contributed by atoms with Gasteiger partial charge >= 0.3 is 0 Å². The van der Waals surface area contributed by atoms with Gasteiger partial charge in [0.15, 0.2) is 0 Å². The molecule has 4 heteroatoms. The Bertz CT molecular complexity index is 599. The summed E-state index contributed by atoms with van der Waals surface area (Å²) in [6.07, 6.45) is 3.61. The van der Waals surface area contributed by atoms with Gasteiger partial charge in [0.1, 0.15) is 23.1 Å². The Morgan fingerprint density at radius 3 is 2.60 bits per heavy atom. The number of nitrogen functional groups attached to an aromatic ring is 1. The molecule has 0 bridgehead atoms. The standard InChI is InChI=1S/C16H21N3O/c1-11(2)20-13-8-6-12(7-9-13)15-16(17)19-10-4-3-5-14(19)18-15/h6-9,11H,3-5,10,17H2,1-2H3. The van der Waals surface area contributed by atoms with E-state index in [4.69, 9.17) is 15.5 Å². The molecule has 0 saturated carbocycles. The summed E-state index contributed by atoms with van der Waals surface area (Å²) >= 11 is 0. The number of ether oxygens (including phenoxy) is 1. The molecule has 4 nitrogen and oxygen atoms in total. The number of fused-ring (bicyclic) bond motifs is 1. The van der Waals surface area contributed by atoms with Gasteiger partial charge < -0.3 is 15.0 Å². The molecule has 3 rings (SSSR count). The summed E-state index contributed by atoms with van der Waals surface area (Å²) in [7, 11) is 0. The summed E-state index contributed by atoms with van der Waals surface area (Å²) < 4.78 is 7.81. The van der Waals surface area contributed by atoms with E-state index in [1.807, 2.05) is 38.1 Å². The normalized spacial score (nSPS) is 14.3. The molecule has 1 aromatic heterocycles. The van der Waals surface area contributed by atoms with Crippen molar-refractivity contribution in [3.05, 3.63) is 30.1 Å². The minimum Gasteiger partial charge on any atom is -0.491 e. The maximum atomic E-state index is 6.24. The molecule has 1 aliphatic heterocycles. The van der Waals surface area contributed by atoms with Crippen LogP contribution in [0.1, 0.15) is 32.5 Å². The lowest BCUT2D eigenvalue weighted by atomic mass is 10.1. The Morgan fingerprint density at radius 2 is 1.95 bits per heavy atom. The fourth-order valence-corrected chi connectivity index (χ4v) is 2.68. The molecule has 0 spiro atoms. The lowest BCUT2D eigenvalue weighted by Crippen LogP contribution is -2.12. The first kappa shape index (κ1) is 13.0. The summed E-state index contributed by atoms with van der Waals surface area (Å²) in [4.78, 5) is 4.71. The van der Waals surface area contributed by atoms with Crippen LogP contribution in [0.25, 0.3) is 11.3 Å². The topological polar surface area (TPSA) is 53.1 Å². The molecule has 0 amide bonds. The van der Waals surface area contributed by atoms with Gasteiger partial charge in [-0.15, -0.1) is 0 Å². The molecule has 0 unspecified atom stereocenters. The third kappa shape index (κ3) is 2.38. The van der Waals surface area contributed by atoms with Crippen LogP contribution in [0.15, 0.2) is 24.3 Å². The minimum atomic E-state index is 0.186. The van der Waals surface area contributed by atoms with Crippen molar-refractivity contribution in [1.82, 2.24) is 9.55 Å². The number of nitrogens with two attached hydrogens (primary N) is 1. The Balaban J connectivity index is 1.91. The van der Waals surface area contributed by atoms with Crippen LogP contribution in [0.4, 0.5) is 5.82 Å². The van der Waals surface area contributed by atoms with Crippen LogP contribution in [-0.2, 0) is 13.0 Å². The van der Waals surface area contributed by atoms with Crippen molar-refractivity contribution in [3.63, 3.8) is 0 Å². The number of hydrogen-bond acceptors (Lipinski definition) is 3. The first-order valence-corrected chi connectivity index (χ1v) is 7.27. The van der Waals surface area contributed by atoms with Crippen LogP contribution in [0.5, 0.6) is 5.75 Å². The molecular formula is C16H21N3O. The van der Waals surface area contributed by atoms with Crippen LogP contribution >= 0.6 is 0 Å². The van der Waals surface area contributed by atoms with Gasteiger partial charge in [0.25, 0.3) is 0 Å². The van der Waals surface area contributed by atoms with Crippen molar-refractivity contribution in [1.29, 1.82) is 0 Å².